The van der Waals surface area contributed by atoms with E-state index in [1.165, 1.54) is 6.07 Å². The van der Waals surface area contributed by atoms with Crippen LogP contribution in [0.2, 0.25) is 0 Å². The van der Waals surface area contributed by atoms with Crippen molar-refractivity contribution in [2.24, 2.45) is 4.99 Å². The van der Waals surface area contributed by atoms with Crippen molar-refractivity contribution in [2.75, 3.05) is 19.7 Å². The third-order valence-corrected chi connectivity index (χ3v) is 3.50. The highest BCUT2D eigenvalue weighted by molar-refractivity contribution is 14.0. The third kappa shape index (κ3) is 11.9. The second-order valence-electron chi connectivity index (χ2n) is 5.75. The lowest BCUT2D eigenvalue weighted by molar-refractivity contribution is -0.135. The molecule has 0 saturated heterocycles. The average Bonchev–Trinajstić information content (AvgIpc) is 2.60. The van der Waals surface area contributed by atoms with Gasteiger partial charge >= 0.3 is 12.8 Å². The lowest BCUT2D eigenvalue weighted by Gasteiger charge is -2.15. The molecule has 11 heteroatoms. The van der Waals surface area contributed by atoms with Crippen molar-refractivity contribution in [1.29, 1.82) is 0 Å². The molecule has 0 fully saturated rings. The van der Waals surface area contributed by atoms with Crippen molar-refractivity contribution in [1.82, 2.24) is 10.6 Å². The molecule has 5 nitrogen and oxygen atoms in total. The van der Waals surface area contributed by atoms with E-state index in [0.717, 1.165) is 0 Å². The number of unbranched alkanes of at least 4 members (excludes halogenated alkanes) is 1. The van der Waals surface area contributed by atoms with Crippen LogP contribution in [0.1, 0.15) is 38.7 Å². The van der Waals surface area contributed by atoms with Crippen LogP contribution in [0.25, 0.3) is 0 Å². The Bertz CT molecular complexity index is 616. The maximum Gasteiger partial charge on any atom is 0.389 e. The number of hydrogen-bond donors (Lipinski definition) is 2. The van der Waals surface area contributed by atoms with E-state index in [9.17, 15) is 22.0 Å². The van der Waals surface area contributed by atoms with Gasteiger partial charge in [0.1, 0.15) is 0 Å². The maximum absolute atomic E-state index is 12.7. The molecule has 0 heterocycles. The number of alkyl halides is 5. The first-order valence-electron chi connectivity index (χ1n) is 9.05. The molecule has 0 spiro atoms. The van der Waals surface area contributed by atoms with Crippen LogP contribution in [-0.2, 0) is 6.54 Å². The molecule has 0 aromatic heterocycles. The Balaban J connectivity index is 0.00000784. The van der Waals surface area contributed by atoms with Crippen LogP contribution in [0, 0.1) is 0 Å². The van der Waals surface area contributed by atoms with E-state index in [2.05, 4.69) is 20.4 Å². The molecule has 29 heavy (non-hydrogen) atoms. The Morgan fingerprint density at radius 2 is 1.86 bits per heavy atom. The molecule has 0 aliphatic rings. The molecule has 0 aliphatic heterocycles. The first-order valence-corrected chi connectivity index (χ1v) is 9.05. The fraction of sp³-hybridized carbons (Fsp3) is 0.611. The summed E-state index contributed by atoms with van der Waals surface area (Å²) < 4.78 is 71.9. The lowest BCUT2D eigenvalue weighted by Crippen LogP contribution is -2.37. The van der Waals surface area contributed by atoms with E-state index in [1.54, 1.807) is 19.1 Å². The van der Waals surface area contributed by atoms with Crippen LogP contribution in [0.15, 0.2) is 23.2 Å². The summed E-state index contributed by atoms with van der Waals surface area (Å²) >= 11 is 0. The van der Waals surface area contributed by atoms with Crippen LogP contribution in [0.5, 0.6) is 11.5 Å². The predicted molar refractivity (Wildman–Crippen MR) is 112 cm³/mol. The first-order chi connectivity index (χ1) is 13.3. The van der Waals surface area contributed by atoms with Crippen molar-refractivity contribution >= 4 is 29.9 Å². The molecule has 0 unspecified atom stereocenters. The zero-order valence-electron chi connectivity index (χ0n) is 16.3. The summed E-state index contributed by atoms with van der Waals surface area (Å²) in [6.45, 7) is 1.71. The van der Waals surface area contributed by atoms with Crippen LogP contribution in [0.4, 0.5) is 22.0 Å². The Kier molecular flexibility index (Phi) is 13.7. The Labute approximate surface area is 184 Å². The summed E-state index contributed by atoms with van der Waals surface area (Å²) in [5.41, 5.74) is 0.403. The molecule has 0 bridgehead atoms. The number of nitrogens with zero attached hydrogens (tertiary/aromatic N) is 1. The van der Waals surface area contributed by atoms with E-state index in [-0.39, 0.29) is 55.0 Å². The highest BCUT2D eigenvalue weighted by atomic mass is 127. The smallest absolute Gasteiger partial charge is 0.389 e. The monoisotopic (exact) mass is 539 g/mol. The number of benzene rings is 1. The topological polar surface area (TPSA) is 54.9 Å². The highest BCUT2D eigenvalue weighted by Crippen LogP contribution is 2.33. The largest absolute Gasteiger partial charge is 0.490 e. The molecule has 1 aromatic carbocycles. The standard InChI is InChI=1S/C18H26F5N3O2.HI/c1-3-24-17(25-11-6-5-10-18(21,22)23)26-12-13-8-7-9-14(27-4-2)15(13)28-16(19)20;/h7-9,16H,3-6,10-12H2,1-2H3,(H2,24,25,26);1H. The summed E-state index contributed by atoms with van der Waals surface area (Å²) in [5, 5.41) is 5.88. The molecule has 0 saturated carbocycles. The van der Waals surface area contributed by atoms with Gasteiger partial charge in [-0.05, 0) is 32.8 Å². The van der Waals surface area contributed by atoms with Gasteiger partial charge in [0.25, 0.3) is 0 Å². The minimum absolute atomic E-state index is 0. The zero-order chi connectivity index (χ0) is 21.0. The molecule has 0 aliphatic carbocycles. The summed E-state index contributed by atoms with van der Waals surface area (Å²) in [6, 6.07) is 4.76. The van der Waals surface area contributed by atoms with Gasteiger partial charge in [-0.3, -0.25) is 0 Å². The molecular weight excluding hydrogens is 512 g/mol. The SMILES string of the molecule is CCNC(=NCc1cccc(OCC)c1OC(F)F)NCCCCC(F)(F)F.I. The molecule has 2 N–H and O–H groups in total. The van der Waals surface area contributed by atoms with Crippen LogP contribution >= 0.6 is 24.0 Å². The van der Waals surface area contributed by atoms with Crippen molar-refractivity contribution < 1.29 is 31.4 Å². The number of ether oxygens (including phenoxy) is 2. The lowest BCUT2D eigenvalue weighted by atomic mass is 10.2. The number of nitrogens with one attached hydrogen (secondary N) is 2. The number of halogens is 6. The second-order valence-corrected chi connectivity index (χ2v) is 5.75. The maximum atomic E-state index is 12.7. The van der Waals surface area contributed by atoms with Crippen molar-refractivity contribution in [3.8, 4) is 11.5 Å². The number of hydrogen-bond acceptors (Lipinski definition) is 3. The van der Waals surface area contributed by atoms with E-state index in [1.807, 2.05) is 6.92 Å². The minimum atomic E-state index is -4.16. The Morgan fingerprint density at radius 3 is 2.45 bits per heavy atom. The van der Waals surface area contributed by atoms with Gasteiger partial charge in [0.15, 0.2) is 17.5 Å². The molecule has 0 amide bonds. The van der Waals surface area contributed by atoms with E-state index in [0.29, 0.717) is 31.0 Å². The normalized spacial score (nSPS) is 11.8. The fourth-order valence-electron chi connectivity index (χ4n) is 2.34. The predicted octanol–water partition coefficient (Wildman–Crippen LogP) is 5.09. The Morgan fingerprint density at radius 1 is 1.14 bits per heavy atom. The van der Waals surface area contributed by atoms with E-state index in [4.69, 9.17) is 4.74 Å². The van der Waals surface area contributed by atoms with Crippen molar-refractivity contribution in [3.63, 3.8) is 0 Å². The molecule has 168 valence electrons. The first kappa shape index (κ1) is 27.5. The molecule has 1 aromatic rings. The van der Waals surface area contributed by atoms with Gasteiger partial charge in [-0.25, -0.2) is 4.99 Å². The van der Waals surface area contributed by atoms with Gasteiger partial charge in [0.2, 0.25) is 0 Å². The van der Waals surface area contributed by atoms with Crippen molar-refractivity contribution in [3.05, 3.63) is 23.8 Å². The second kappa shape index (κ2) is 14.5. The average molecular weight is 539 g/mol. The third-order valence-electron chi connectivity index (χ3n) is 3.50. The Hall–Kier alpha value is -1.53. The summed E-state index contributed by atoms with van der Waals surface area (Å²) in [5.74, 6) is 0.490. The van der Waals surface area contributed by atoms with Crippen LogP contribution in [-0.4, -0.2) is 38.4 Å². The number of para-hydroxylation sites is 1. The fourth-order valence-corrected chi connectivity index (χ4v) is 2.34. The molecule has 1 rings (SSSR count). The summed E-state index contributed by atoms with van der Waals surface area (Å²) in [7, 11) is 0. The zero-order valence-corrected chi connectivity index (χ0v) is 18.7. The van der Waals surface area contributed by atoms with Gasteiger partial charge < -0.3 is 20.1 Å². The molecule has 0 radical (unpaired) electrons. The van der Waals surface area contributed by atoms with E-state index < -0.39 is 19.2 Å². The summed E-state index contributed by atoms with van der Waals surface area (Å²) in [6.07, 6.45) is -4.66. The van der Waals surface area contributed by atoms with Crippen LogP contribution in [0.3, 0.4) is 0 Å². The number of rotatable bonds is 11. The number of guanidine groups is 1. The van der Waals surface area contributed by atoms with Crippen molar-refractivity contribution in [2.45, 2.75) is 52.4 Å². The van der Waals surface area contributed by atoms with E-state index >= 15 is 0 Å². The molecular formula is C18H27F5IN3O2. The summed E-state index contributed by atoms with van der Waals surface area (Å²) in [4.78, 5) is 4.29. The minimum Gasteiger partial charge on any atom is -0.490 e. The van der Waals surface area contributed by atoms with Gasteiger partial charge in [-0.1, -0.05) is 12.1 Å². The number of aliphatic imine (C=N–C) groups is 1. The quantitative estimate of drug-likeness (QED) is 0.135. The van der Waals surface area contributed by atoms with Gasteiger partial charge in [-0.15, -0.1) is 24.0 Å². The highest BCUT2D eigenvalue weighted by Gasteiger charge is 2.25. The van der Waals surface area contributed by atoms with Gasteiger partial charge in [-0.2, -0.15) is 22.0 Å². The molecule has 0 atom stereocenters. The van der Waals surface area contributed by atoms with Gasteiger partial charge in [0.05, 0.1) is 13.2 Å². The van der Waals surface area contributed by atoms with Gasteiger partial charge in [0, 0.05) is 25.1 Å². The van der Waals surface area contributed by atoms with Crippen LogP contribution < -0.4 is 20.1 Å².